The molecule has 0 amide bonds. The van der Waals surface area contributed by atoms with Gasteiger partial charge in [0.25, 0.3) is 5.60 Å². The number of hydrogen-bond acceptors (Lipinski definition) is 4. The maximum absolute atomic E-state index is 13.3. The van der Waals surface area contributed by atoms with Gasteiger partial charge in [0.1, 0.15) is 10.6 Å². The molecule has 32 heavy (non-hydrogen) atoms. The van der Waals surface area contributed by atoms with Crippen LogP contribution in [-0.2, 0) is 20.2 Å². The molecular formula is C19H17ClF7NO3S. The molecule has 0 aliphatic carbocycles. The van der Waals surface area contributed by atoms with Crippen molar-refractivity contribution in [3.8, 4) is 0 Å². The molecule has 0 aromatic heterocycles. The normalized spacial score (nSPS) is 20.1. The van der Waals surface area contributed by atoms with Gasteiger partial charge in [-0.2, -0.15) is 26.3 Å². The molecule has 1 fully saturated rings. The minimum absolute atomic E-state index is 0. The van der Waals surface area contributed by atoms with Crippen LogP contribution >= 0.6 is 12.4 Å². The molecule has 2 aromatic carbocycles. The maximum atomic E-state index is 13.3. The smallest absolute Gasteiger partial charge is 0.369 e. The largest absolute Gasteiger partial charge is 0.430 e. The summed E-state index contributed by atoms with van der Waals surface area (Å²) in [5.74, 6) is -0.680. The highest BCUT2D eigenvalue weighted by molar-refractivity contribution is 7.92. The van der Waals surface area contributed by atoms with Crippen LogP contribution in [-0.4, -0.2) is 39.0 Å². The standard InChI is InChI=1S/C19H16F7NO3S.ClH/c20-14-5-7-15(8-6-14)31(29,30)16(9-10-27-11-16)12-1-3-13(4-2-12)17(28,18(21,22)23)19(24,25)26;/h1-8,27-28H,9-11H2;1H. The van der Waals surface area contributed by atoms with Gasteiger partial charge < -0.3 is 10.4 Å². The number of sulfone groups is 1. The van der Waals surface area contributed by atoms with Crippen LogP contribution in [0.3, 0.4) is 0 Å². The Morgan fingerprint density at radius 3 is 1.78 bits per heavy atom. The van der Waals surface area contributed by atoms with Crippen LogP contribution in [0, 0.1) is 5.82 Å². The minimum atomic E-state index is -6.06. The summed E-state index contributed by atoms with van der Waals surface area (Å²) in [6.45, 7) is 0.0616. The first-order chi connectivity index (χ1) is 14.2. The minimum Gasteiger partial charge on any atom is -0.369 e. The van der Waals surface area contributed by atoms with Gasteiger partial charge in [0.15, 0.2) is 9.84 Å². The van der Waals surface area contributed by atoms with Gasteiger partial charge in [-0.3, -0.25) is 0 Å². The van der Waals surface area contributed by atoms with Gasteiger partial charge in [-0.15, -0.1) is 12.4 Å². The van der Waals surface area contributed by atoms with Crippen molar-refractivity contribution in [3.05, 3.63) is 65.5 Å². The highest BCUT2D eigenvalue weighted by Gasteiger charge is 2.71. The van der Waals surface area contributed by atoms with Gasteiger partial charge >= 0.3 is 12.4 Å². The highest BCUT2D eigenvalue weighted by atomic mass is 35.5. The second kappa shape index (κ2) is 8.47. The first-order valence-corrected chi connectivity index (χ1v) is 10.3. The third-order valence-electron chi connectivity index (χ3n) is 5.40. The quantitative estimate of drug-likeness (QED) is 0.480. The van der Waals surface area contributed by atoms with Crippen molar-refractivity contribution in [1.29, 1.82) is 0 Å². The lowest BCUT2D eigenvalue weighted by Crippen LogP contribution is -2.54. The lowest BCUT2D eigenvalue weighted by Gasteiger charge is -2.33. The zero-order valence-corrected chi connectivity index (χ0v) is 17.6. The molecule has 0 radical (unpaired) electrons. The molecule has 2 aromatic rings. The van der Waals surface area contributed by atoms with E-state index in [1.165, 1.54) is 0 Å². The number of nitrogens with one attached hydrogen (secondary N) is 1. The van der Waals surface area contributed by atoms with E-state index in [-0.39, 0.29) is 42.4 Å². The first-order valence-electron chi connectivity index (χ1n) is 8.85. The molecule has 1 aliphatic heterocycles. The van der Waals surface area contributed by atoms with Crippen LogP contribution in [0.2, 0.25) is 0 Å². The SMILES string of the molecule is Cl.O=S(=O)(c1ccc(F)cc1)C1(c2ccc(C(O)(C(F)(F)F)C(F)(F)F)cc2)CCNC1. The Morgan fingerprint density at radius 2 is 1.38 bits per heavy atom. The van der Waals surface area contributed by atoms with Crippen molar-refractivity contribution in [3.63, 3.8) is 0 Å². The van der Waals surface area contributed by atoms with Gasteiger partial charge in [-0.25, -0.2) is 12.8 Å². The number of rotatable bonds is 4. The van der Waals surface area contributed by atoms with E-state index < -0.39 is 43.9 Å². The number of aliphatic hydroxyl groups is 1. The molecule has 1 unspecified atom stereocenters. The average Bonchev–Trinajstić information content (AvgIpc) is 3.18. The number of halogens is 8. The van der Waals surface area contributed by atoms with Crippen LogP contribution in [0.5, 0.6) is 0 Å². The van der Waals surface area contributed by atoms with E-state index in [2.05, 4.69) is 5.32 Å². The van der Waals surface area contributed by atoms with Crippen LogP contribution < -0.4 is 5.32 Å². The number of alkyl halides is 6. The molecule has 1 heterocycles. The van der Waals surface area contributed by atoms with E-state index in [4.69, 9.17) is 0 Å². The van der Waals surface area contributed by atoms with Crippen molar-refractivity contribution in [2.75, 3.05) is 13.1 Å². The molecule has 178 valence electrons. The molecule has 1 aliphatic rings. The molecule has 2 N–H and O–H groups in total. The molecule has 0 saturated carbocycles. The molecule has 3 rings (SSSR count). The van der Waals surface area contributed by atoms with Gasteiger partial charge in [0.05, 0.1) is 4.90 Å². The van der Waals surface area contributed by atoms with E-state index in [9.17, 15) is 44.3 Å². The predicted octanol–water partition coefficient (Wildman–Crippen LogP) is 4.22. The van der Waals surface area contributed by atoms with Gasteiger partial charge in [0.2, 0.25) is 0 Å². The van der Waals surface area contributed by atoms with E-state index in [1.807, 2.05) is 0 Å². The summed E-state index contributed by atoms with van der Waals surface area (Å²) >= 11 is 0. The summed E-state index contributed by atoms with van der Waals surface area (Å²) in [7, 11) is -4.21. The molecule has 0 bridgehead atoms. The van der Waals surface area contributed by atoms with Crippen molar-refractivity contribution < 1.29 is 44.3 Å². The Morgan fingerprint density at radius 1 is 0.875 bits per heavy atom. The highest BCUT2D eigenvalue weighted by Crippen LogP contribution is 2.50. The maximum Gasteiger partial charge on any atom is 0.430 e. The molecule has 0 spiro atoms. The lowest BCUT2D eigenvalue weighted by molar-refractivity contribution is -0.376. The topological polar surface area (TPSA) is 66.4 Å². The van der Waals surface area contributed by atoms with Crippen molar-refractivity contribution in [1.82, 2.24) is 5.32 Å². The number of hydrogen-bond donors (Lipinski definition) is 2. The van der Waals surface area contributed by atoms with Crippen LogP contribution in [0.1, 0.15) is 17.5 Å². The fraction of sp³-hybridized carbons (Fsp3) is 0.368. The zero-order valence-electron chi connectivity index (χ0n) is 16.0. The summed E-state index contributed by atoms with van der Waals surface area (Å²) in [5, 5.41) is 12.4. The molecule has 1 atom stereocenters. The molecule has 1 saturated heterocycles. The Bertz CT molecular complexity index is 1030. The van der Waals surface area contributed by atoms with E-state index in [0.29, 0.717) is 12.1 Å². The fourth-order valence-electron chi connectivity index (χ4n) is 3.64. The third kappa shape index (κ3) is 3.97. The summed E-state index contributed by atoms with van der Waals surface area (Å²) in [6.07, 6.45) is -12.1. The Kier molecular flexibility index (Phi) is 6.98. The Balaban J connectivity index is 0.00000363. The first kappa shape index (κ1) is 26.4. The van der Waals surface area contributed by atoms with Gasteiger partial charge in [0, 0.05) is 12.1 Å². The second-order valence-corrected chi connectivity index (χ2v) is 9.42. The van der Waals surface area contributed by atoms with Gasteiger partial charge in [-0.1, -0.05) is 24.3 Å². The average molecular weight is 508 g/mol. The summed E-state index contributed by atoms with van der Waals surface area (Å²) < 4.78 is 117. The Hall–Kier alpha value is -1.89. The fourth-order valence-corrected chi connectivity index (χ4v) is 5.70. The predicted molar refractivity (Wildman–Crippen MR) is 102 cm³/mol. The van der Waals surface area contributed by atoms with Crippen LogP contribution in [0.15, 0.2) is 53.4 Å². The number of benzene rings is 2. The van der Waals surface area contributed by atoms with Crippen LogP contribution in [0.25, 0.3) is 0 Å². The van der Waals surface area contributed by atoms with Gasteiger partial charge in [-0.05, 0) is 42.8 Å². The monoisotopic (exact) mass is 507 g/mol. The van der Waals surface area contributed by atoms with Crippen LogP contribution in [0.4, 0.5) is 30.7 Å². The second-order valence-electron chi connectivity index (χ2n) is 7.16. The Labute approximate surface area is 184 Å². The summed E-state index contributed by atoms with van der Waals surface area (Å²) in [6, 6.07) is 6.40. The zero-order chi connectivity index (χ0) is 23.3. The molecule has 4 nitrogen and oxygen atoms in total. The summed E-state index contributed by atoms with van der Waals surface area (Å²) in [4.78, 5) is -0.247. The third-order valence-corrected chi connectivity index (χ3v) is 7.91. The molecule has 13 heteroatoms. The van der Waals surface area contributed by atoms with E-state index >= 15 is 0 Å². The van der Waals surface area contributed by atoms with Crippen molar-refractivity contribution in [2.45, 2.75) is 34.0 Å². The van der Waals surface area contributed by atoms with E-state index in [0.717, 1.165) is 36.4 Å². The summed E-state index contributed by atoms with van der Waals surface area (Å²) in [5.41, 5.74) is -6.66. The lowest BCUT2D eigenvalue weighted by atomic mass is 9.89. The van der Waals surface area contributed by atoms with Crippen molar-refractivity contribution in [2.24, 2.45) is 0 Å². The van der Waals surface area contributed by atoms with E-state index in [1.54, 1.807) is 0 Å². The van der Waals surface area contributed by atoms with Crippen molar-refractivity contribution >= 4 is 22.2 Å². The molecular weight excluding hydrogens is 491 g/mol.